The van der Waals surface area contributed by atoms with E-state index >= 15 is 0 Å². The Hall–Kier alpha value is -1.08. The molecule has 8 heteroatoms. The largest absolute Gasteiger partial charge is 0.475 e. The van der Waals surface area contributed by atoms with Crippen molar-refractivity contribution in [3.8, 4) is 0 Å². The Labute approximate surface area is 95.9 Å². The van der Waals surface area contributed by atoms with Gasteiger partial charge in [-0.05, 0) is 12.8 Å². The van der Waals surface area contributed by atoms with Crippen molar-refractivity contribution in [1.29, 1.82) is 0 Å². The molecule has 0 aromatic heterocycles. The second-order valence-electron chi connectivity index (χ2n) is 3.87. The molecule has 0 spiro atoms. The molecule has 1 aliphatic rings. The molecule has 0 amide bonds. The maximum atomic E-state index is 13.2. The van der Waals surface area contributed by atoms with Crippen molar-refractivity contribution in [3.63, 3.8) is 0 Å². The summed E-state index contributed by atoms with van der Waals surface area (Å²) in [6, 6.07) is -4.89. The van der Waals surface area contributed by atoms with E-state index in [-0.39, 0.29) is 11.3 Å². The molecule has 0 aliphatic carbocycles. The SMILES string of the molecule is CCCCC1N(C)N=CN1C(F)(F)C(F)(F)F. The predicted octanol–water partition coefficient (Wildman–Crippen LogP) is 2.85. The zero-order valence-electron chi connectivity index (χ0n) is 9.51. The number of hydrogen-bond donors (Lipinski definition) is 0. The third kappa shape index (κ3) is 2.61. The zero-order valence-corrected chi connectivity index (χ0v) is 9.51. The summed E-state index contributed by atoms with van der Waals surface area (Å²) in [4.78, 5) is -0.0251. The summed E-state index contributed by atoms with van der Waals surface area (Å²) in [5.74, 6) is 0. The summed E-state index contributed by atoms with van der Waals surface area (Å²) in [6.45, 7) is 1.84. The minimum Gasteiger partial charge on any atom is -0.276 e. The summed E-state index contributed by atoms with van der Waals surface area (Å²) in [7, 11) is 1.38. The van der Waals surface area contributed by atoms with Crippen LogP contribution in [0, 0.1) is 0 Å². The van der Waals surface area contributed by atoms with Crippen LogP contribution in [0.1, 0.15) is 26.2 Å². The van der Waals surface area contributed by atoms with E-state index in [1.807, 2.05) is 6.92 Å². The lowest BCUT2D eigenvalue weighted by Crippen LogP contribution is -2.56. The zero-order chi connectivity index (χ0) is 13.3. The maximum absolute atomic E-state index is 13.2. The lowest BCUT2D eigenvalue weighted by atomic mass is 10.2. The molecule has 0 bridgehead atoms. The average Bonchev–Trinajstić information content (AvgIpc) is 2.55. The van der Waals surface area contributed by atoms with E-state index in [1.54, 1.807) is 0 Å². The van der Waals surface area contributed by atoms with Crippen LogP contribution in [0.4, 0.5) is 22.0 Å². The van der Waals surface area contributed by atoms with Crippen molar-refractivity contribution in [2.75, 3.05) is 7.05 Å². The fraction of sp³-hybridized carbons (Fsp3) is 0.889. The molecule has 1 rings (SSSR count). The molecule has 0 aromatic carbocycles. The van der Waals surface area contributed by atoms with Crippen LogP contribution >= 0.6 is 0 Å². The minimum atomic E-state index is -5.60. The van der Waals surface area contributed by atoms with Gasteiger partial charge in [-0.15, -0.1) is 0 Å². The van der Waals surface area contributed by atoms with E-state index in [1.165, 1.54) is 7.05 Å². The Balaban J connectivity index is 2.85. The first kappa shape index (κ1) is 14.0. The first-order valence-corrected chi connectivity index (χ1v) is 5.21. The fourth-order valence-corrected chi connectivity index (χ4v) is 1.59. The van der Waals surface area contributed by atoms with E-state index in [0.29, 0.717) is 12.8 Å². The van der Waals surface area contributed by atoms with Gasteiger partial charge in [-0.3, -0.25) is 9.91 Å². The quantitative estimate of drug-likeness (QED) is 0.571. The number of alkyl halides is 5. The predicted molar refractivity (Wildman–Crippen MR) is 52.4 cm³/mol. The molecule has 0 fully saturated rings. The van der Waals surface area contributed by atoms with Gasteiger partial charge in [0.15, 0.2) is 0 Å². The Bertz CT molecular complexity index is 289. The highest BCUT2D eigenvalue weighted by molar-refractivity contribution is 5.58. The van der Waals surface area contributed by atoms with Crippen LogP contribution in [-0.4, -0.2) is 41.7 Å². The monoisotopic (exact) mass is 259 g/mol. The number of unbranched alkanes of at least 4 members (excludes halogenated alkanes) is 1. The molecular formula is C9H14F5N3. The molecule has 100 valence electrons. The molecule has 17 heavy (non-hydrogen) atoms. The third-order valence-corrected chi connectivity index (χ3v) is 2.59. The first-order valence-electron chi connectivity index (χ1n) is 5.21. The average molecular weight is 259 g/mol. The van der Waals surface area contributed by atoms with Crippen LogP contribution in [-0.2, 0) is 0 Å². The van der Waals surface area contributed by atoms with Gasteiger partial charge in [-0.25, -0.2) is 0 Å². The van der Waals surface area contributed by atoms with Gasteiger partial charge in [0.1, 0.15) is 12.5 Å². The number of rotatable bonds is 4. The smallest absolute Gasteiger partial charge is 0.276 e. The first-order chi connectivity index (χ1) is 7.71. The second kappa shape index (κ2) is 4.66. The molecule has 0 saturated carbocycles. The third-order valence-electron chi connectivity index (χ3n) is 2.59. The highest BCUT2D eigenvalue weighted by atomic mass is 19.4. The topological polar surface area (TPSA) is 18.8 Å². The molecule has 1 aliphatic heterocycles. The molecule has 0 radical (unpaired) electrons. The van der Waals surface area contributed by atoms with Gasteiger partial charge in [-0.2, -0.15) is 27.1 Å². The minimum absolute atomic E-state index is 0.0251. The maximum Gasteiger partial charge on any atom is 0.475 e. The number of nitrogens with zero attached hydrogens (tertiary/aromatic N) is 3. The highest BCUT2D eigenvalue weighted by Crippen LogP contribution is 2.40. The number of hydrogen-bond acceptors (Lipinski definition) is 3. The van der Waals surface area contributed by atoms with E-state index < -0.39 is 18.4 Å². The Kier molecular flexibility index (Phi) is 3.83. The van der Waals surface area contributed by atoms with Crippen LogP contribution in [0.25, 0.3) is 0 Å². The van der Waals surface area contributed by atoms with Gasteiger partial charge < -0.3 is 0 Å². The summed E-state index contributed by atoms with van der Waals surface area (Å²) in [6.07, 6.45) is -4.62. The summed E-state index contributed by atoms with van der Waals surface area (Å²) in [5, 5.41) is 4.61. The van der Waals surface area contributed by atoms with Gasteiger partial charge in [0, 0.05) is 7.05 Å². The molecule has 1 heterocycles. The van der Waals surface area contributed by atoms with Gasteiger partial charge >= 0.3 is 12.2 Å². The molecule has 1 atom stereocenters. The number of halogens is 5. The Morgan fingerprint density at radius 3 is 2.29 bits per heavy atom. The van der Waals surface area contributed by atoms with Gasteiger partial charge in [0.2, 0.25) is 0 Å². The molecule has 0 saturated heterocycles. The van der Waals surface area contributed by atoms with E-state index in [9.17, 15) is 22.0 Å². The van der Waals surface area contributed by atoms with Crippen LogP contribution < -0.4 is 0 Å². The molecule has 1 unspecified atom stereocenters. The van der Waals surface area contributed by atoms with Gasteiger partial charge in [0.25, 0.3) is 0 Å². The van der Waals surface area contributed by atoms with Crippen molar-refractivity contribution in [1.82, 2.24) is 9.91 Å². The van der Waals surface area contributed by atoms with E-state index in [0.717, 1.165) is 11.4 Å². The van der Waals surface area contributed by atoms with Gasteiger partial charge in [0.05, 0.1) is 0 Å². The van der Waals surface area contributed by atoms with Crippen molar-refractivity contribution in [2.24, 2.45) is 5.10 Å². The lowest BCUT2D eigenvalue weighted by molar-refractivity contribution is -0.333. The van der Waals surface area contributed by atoms with Crippen LogP contribution in [0.15, 0.2) is 5.10 Å². The lowest BCUT2D eigenvalue weighted by Gasteiger charge is -2.34. The second-order valence-corrected chi connectivity index (χ2v) is 3.87. The highest BCUT2D eigenvalue weighted by Gasteiger charge is 2.64. The fourth-order valence-electron chi connectivity index (χ4n) is 1.59. The van der Waals surface area contributed by atoms with Crippen LogP contribution in [0.2, 0.25) is 0 Å². The van der Waals surface area contributed by atoms with Gasteiger partial charge in [-0.1, -0.05) is 13.3 Å². The van der Waals surface area contributed by atoms with Crippen LogP contribution in [0.3, 0.4) is 0 Å². The van der Waals surface area contributed by atoms with E-state index in [2.05, 4.69) is 5.10 Å². The van der Waals surface area contributed by atoms with E-state index in [4.69, 9.17) is 0 Å². The number of hydrazone groups is 1. The summed E-state index contributed by atoms with van der Waals surface area (Å²) >= 11 is 0. The molecule has 0 N–H and O–H groups in total. The van der Waals surface area contributed by atoms with Crippen molar-refractivity contribution >= 4 is 6.34 Å². The summed E-state index contributed by atoms with van der Waals surface area (Å²) in [5.41, 5.74) is 0. The van der Waals surface area contributed by atoms with Crippen molar-refractivity contribution < 1.29 is 22.0 Å². The Morgan fingerprint density at radius 2 is 1.82 bits per heavy atom. The molecular weight excluding hydrogens is 245 g/mol. The normalized spacial score (nSPS) is 21.5. The van der Waals surface area contributed by atoms with Crippen molar-refractivity contribution in [3.05, 3.63) is 0 Å². The van der Waals surface area contributed by atoms with Crippen molar-refractivity contribution in [2.45, 2.75) is 44.6 Å². The summed E-state index contributed by atoms with van der Waals surface area (Å²) < 4.78 is 63.0. The molecule has 0 aromatic rings. The Morgan fingerprint density at radius 1 is 1.24 bits per heavy atom. The standard InChI is InChI=1S/C9H14F5N3/c1-3-4-5-7-16(2)15-6-17(7)9(13,14)8(10,11)12/h6-7H,3-5H2,1-2H3. The van der Waals surface area contributed by atoms with Crippen LogP contribution in [0.5, 0.6) is 0 Å². The molecule has 3 nitrogen and oxygen atoms in total.